The molecule has 0 radical (unpaired) electrons. The second-order valence-corrected chi connectivity index (χ2v) is 4.61. The Morgan fingerprint density at radius 2 is 2.15 bits per heavy atom. The molecule has 0 aliphatic rings. The first-order valence-corrected chi connectivity index (χ1v) is 6.45. The third-order valence-corrected chi connectivity index (χ3v) is 3.23. The van der Waals surface area contributed by atoms with Gasteiger partial charge in [0.2, 0.25) is 5.91 Å². The predicted octanol–water partition coefficient (Wildman–Crippen LogP) is 1.74. The van der Waals surface area contributed by atoms with Crippen LogP contribution in [-0.4, -0.2) is 33.1 Å². The number of nitrogens with zero attached hydrogens (tertiary/aromatic N) is 2. The minimum absolute atomic E-state index is 0.0859. The number of fused-ring (bicyclic) bond motifs is 1. The molecule has 0 spiro atoms. The summed E-state index contributed by atoms with van der Waals surface area (Å²) in [7, 11) is 0. The second kappa shape index (κ2) is 5.32. The van der Waals surface area contributed by atoms with E-state index in [4.69, 9.17) is 5.11 Å². The summed E-state index contributed by atoms with van der Waals surface area (Å²) in [5.41, 5.74) is 1.53. The van der Waals surface area contributed by atoms with Crippen molar-refractivity contribution in [2.75, 3.05) is 6.54 Å². The average molecular weight is 275 g/mol. The molecule has 1 unspecified atom stereocenters. The van der Waals surface area contributed by atoms with Crippen LogP contribution < -0.4 is 5.32 Å². The lowest BCUT2D eigenvalue weighted by molar-refractivity contribution is -0.123. The maximum atomic E-state index is 12.0. The summed E-state index contributed by atoms with van der Waals surface area (Å²) in [5, 5.41) is 11.8. The van der Waals surface area contributed by atoms with Crippen LogP contribution in [0.1, 0.15) is 36.1 Å². The number of aryl methyl sites for hydroxylation is 1. The number of carboxylic acids is 1. The molecule has 0 fully saturated rings. The molecule has 2 aromatic rings. The number of aromatic nitrogens is 2. The van der Waals surface area contributed by atoms with E-state index in [2.05, 4.69) is 10.3 Å². The molecule has 1 amide bonds. The summed E-state index contributed by atoms with van der Waals surface area (Å²) < 4.78 is 1.81. The van der Waals surface area contributed by atoms with Gasteiger partial charge in [-0.1, -0.05) is 0 Å². The molecule has 0 bridgehead atoms. The van der Waals surface area contributed by atoms with Gasteiger partial charge in [0.15, 0.2) is 0 Å². The van der Waals surface area contributed by atoms with Crippen LogP contribution in [0.2, 0.25) is 0 Å². The molecular weight excluding hydrogens is 258 g/mol. The molecule has 0 aliphatic heterocycles. The van der Waals surface area contributed by atoms with Gasteiger partial charge in [-0.3, -0.25) is 4.79 Å². The van der Waals surface area contributed by atoms with Gasteiger partial charge in [-0.05, 0) is 39.0 Å². The van der Waals surface area contributed by atoms with Gasteiger partial charge in [-0.2, -0.15) is 0 Å². The zero-order valence-electron chi connectivity index (χ0n) is 11.7. The van der Waals surface area contributed by atoms with Gasteiger partial charge >= 0.3 is 5.97 Å². The van der Waals surface area contributed by atoms with Crippen LogP contribution in [0.25, 0.3) is 11.0 Å². The number of carbonyl (C=O) groups is 2. The lowest BCUT2D eigenvalue weighted by Crippen LogP contribution is -2.31. The van der Waals surface area contributed by atoms with Crippen molar-refractivity contribution in [3.05, 3.63) is 29.6 Å². The van der Waals surface area contributed by atoms with Crippen LogP contribution in [0, 0.1) is 6.92 Å². The normalized spacial score (nSPS) is 12.3. The minimum Gasteiger partial charge on any atom is -0.478 e. The van der Waals surface area contributed by atoms with Gasteiger partial charge in [0.05, 0.1) is 16.6 Å². The van der Waals surface area contributed by atoms with Crippen molar-refractivity contribution in [2.24, 2.45) is 0 Å². The number of nitrogens with one attached hydrogen (secondary N) is 1. The van der Waals surface area contributed by atoms with Crippen LogP contribution in [0.15, 0.2) is 18.2 Å². The minimum atomic E-state index is -0.990. The molecule has 1 aromatic carbocycles. The molecule has 1 atom stereocenters. The summed E-state index contributed by atoms with van der Waals surface area (Å²) in [4.78, 5) is 27.3. The maximum Gasteiger partial charge on any atom is 0.335 e. The fraction of sp³-hybridized carbons (Fsp3) is 0.357. The third-order valence-electron chi connectivity index (χ3n) is 3.23. The fourth-order valence-corrected chi connectivity index (χ4v) is 2.28. The molecule has 0 saturated heterocycles. The Hall–Kier alpha value is -2.37. The number of aromatic carboxylic acids is 1. The highest BCUT2D eigenvalue weighted by Gasteiger charge is 2.19. The number of rotatable bonds is 4. The average Bonchev–Trinajstić information content (AvgIpc) is 2.72. The van der Waals surface area contributed by atoms with Crippen LogP contribution in [0.4, 0.5) is 0 Å². The first kappa shape index (κ1) is 14.0. The molecule has 0 aliphatic carbocycles. The highest BCUT2D eigenvalue weighted by atomic mass is 16.4. The zero-order chi connectivity index (χ0) is 14.9. The third kappa shape index (κ3) is 2.36. The van der Waals surface area contributed by atoms with E-state index in [1.807, 2.05) is 11.5 Å². The van der Waals surface area contributed by atoms with E-state index < -0.39 is 12.0 Å². The number of imidazole rings is 1. The number of amides is 1. The van der Waals surface area contributed by atoms with Gasteiger partial charge < -0.3 is 15.0 Å². The molecule has 2 rings (SSSR count). The first-order valence-electron chi connectivity index (χ1n) is 6.45. The second-order valence-electron chi connectivity index (χ2n) is 4.61. The van der Waals surface area contributed by atoms with E-state index in [0.717, 1.165) is 5.52 Å². The van der Waals surface area contributed by atoms with Gasteiger partial charge in [-0.25, -0.2) is 9.78 Å². The molecule has 2 N–H and O–H groups in total. The van der Waals surface area contributed by atoms with Crippen LogP contribution in [0.3, 0.4) is 0 Å². The largest absolute Gasteiger partial charge is 0.478 e. The summed E-state index contributed by atoms with van der Waals surface area (Å²) in [6.07, 6.45) is 0. The van der Waals surface area contributed by atoms with Crippen molar-refractivity contribution < 1.29 is 14.7 Å². The number of benzene rings is 1. The Bertz CT molecular complexity index is 676. The van der Waals surface area contributed by atoms with Crippen molar-refractivity contribution in [1.29, 1.82) is 0 Å². The van der Waals surface area contributed by atoms with E-state index in [1.54, 1.807) is 19.9 Å². The van der Waals surface area contributed by atoms with Crippen LogP contribution in [0.5, 0.6) is 0 Å². The number of hydrogen-bond acceptors (Lipinski definition) is 3. The van der Waals surface area contributed by atoms with Gasteiger partial charge in [0, 0.05) is 6.54 Å². The number of likely N-dealkylation sites (N-methyl/N-ethyl adjacent to an activating group) is 1. The smallest absolute Gasteiger partial charge is 0.335 e. The Kier molecular flexibility index (Phi) is 3.74. The monoisotopic (exact) mass is 275 g/mol. The molecule has 1 aromatic heterocycles. The van der Waals surface area contributed by atoms with Crippen molar-refractivity contribution in [2.45, 2.75) is 26.8 Å². The quantitative estimate of drug-likeness (QED) is 0.890. The maximum absolute atomic E-state index is 12.0. The van der Waals surface area contributed by atoms with Crippen molar-refractivity contribution in [3.8, 4) is 0 Å². The Labute approximate surface area is 116 Å². The van der Waals surface area contributed by atoms with Crippen molar-refractivity contribution >= 4 is 22.9 Å². The van der Waals surface area contributed by atoms with E-state index in [1.165, 1.54) is 12.1 Å². The Morgan fingerprint density at radius 1 is 1.45 bits per heavy atom. The number of hydrogen-bond donors (Lipinski definition) is 2. The lowest BCUT2D eigenvalue weighted by Gasteiger charge is -2.15. The number of carboxylic acid groups (broad SMARTS) is 1. The molecule has 1 heterocycles. The van der Waals surface area contributed by atoms with E-state index in [0.29, 0.717) is 17.9 Å². The summed E-state index contributed by atoms with van der Waals surface area (Å²) >= 11 is 0. The SMILES string of the molecule is CCNC(=O)C(C)n1c(C)nc2cc(C(=O)O)ccc21. The van der Waals surface area contributed by atoms with Crippen LogP contribution >= 0.6 is 0 Å². The van der Waals surface area contributed by atoms with E-state index in [9.17, 15) is 9.59 Å². The molecule has 20 heavy (non-hydrogen) atoms. The van der Waals surface area contributed by atoms with E-state index in [-0.39, 0.29) is 11.5 Å². The highest BCUT2D eigenvalue weighted by Crippen LogP contribution is 2.22. The molecule has 6 heteroatoms. The zero-order valence-corrected chi connectivity index (χ0v) is 11.7. The van der Waals surface area contributed by atoms with Crippen LogP contribution in [-0.2, 0) is 4.79 Å². The summed E-state index contributed by atoms with van der Waals surface area (Å²) in [6, 6.07) is 4.34. The van der Waals surface area contributed by atoms with E-state index >= 15 is 0 Å². The topological polar surface area (TPSA) is 84.2 Å². The van der Waals surface area contributed by atoms with Gasteiger partial charge in [0.1, 0.15) is 11.9 Å². The predicted molar refractivity (Wildman–Crippen MR) is 74.8 cm³/mol. The molecule has 0 saturated carbocycles. The van der Waals surface area contributed by atoms with Gasteiger partial charge in [-0.15, -0.1) is 0 Å². The molecular formula is C14H17N3O3. The first-order chi connectivity index (χ1) is 9.45. The fourth-order valence-electron chi connectivity index (χ4n) is 2.28. The van der Waals surface area contributed by atoms with Gasteiger partial charge in [0.25, 0.3) is 0 Å². The highest BCUT2D eigenvalue weighted by molar-refractivity contribution is 5.93. The van der Waals surface area contributed by atoms with Crippen molar-refractivity contribution in [3.63, 3.8) is 0 Å². The summed E-state index contributed by atoms with van der Waals surface area (Å²) in [5.74, 6) is -0.394. The Morgan fingerprint density at radius 3 is 2.75 bits per heavy atom. The van der Waals surface area contributed by atoms with Crippen molar-refractivity contribution in [1.82, 2.24) is 14.9 Å². The molecule has 106 valence electrons. The Balaban J connectivity index is 2.51. The summed E-state index contributed by atoms with van der Waals surface area (Å²) in [6.45, 7) is 6.03. The molecule has 6 nitrogen and oxygen atoms in total. The standard InChI is InChI=1S/C14H17N3O3/c1-4-15-13(18)8(2)17-9(3)16-11-7-10(14(19)20)5-6-12(11)17/h5-8H,4H2,1-3H3,(H,15,18)(H,19,20). The lowest BCUT2D eigenvalue weighted by atomic mass is 10.2. The number of carbonyl (C=O) groups excluding carboxylic acids is 1.